The van der Waals surface area contributed by atoms with Crippen LogP contribution in [0.25, 0.3) is 0 Å². The average molecular weight is 208 g/mol. The number of methoxy groups -OCH3 is 1. The van der Waals surface area contributed by atoms with E-state index < -0.39 is 11.7 Å². The van der Waals surface area contributed by atoms with Crippen LogP contribution in [0, 0.1) is 17.1 Å². The maximum Gasteiger partial charge on any atom is 0.322 e. The first-order valence-corrected chi connectivity index (χ1v) is 4.17. The Morgan fingerprint density at radius 2 is 2.40 bits per heavy atom. The topological polar surface area (TPSA) is 62.1 Å². The Morgan fingerprint density at radius 3 is 3.00 bits per heavy atom. The van der Waals surface area contributed by atoms with Crippen molar-refractivity contribution in [2.75, 3.05) is 7.11 Å². The van der Waals surface area contributed by atoms with Crippen LogP contribution >= 0.6 is 0 Å². The van der Waals surface area contributed by atoms with Crippen LogP contribution in [0.1, 0.15) is 5.56 Å². The number of hydrogen-bond acceptors (Lipinski definition) is 3. The largest absolute Gasteiger partial charge is 0.496 e. The number of benzene rings is 1. The van der Waals surface area contributed by atoms with Gasteiger partial charge in [-0.2, -0.15) is 5.26 Å². The number of nitrogens with one attached hydrogen (secondary N) is 1. The summed E-state index contributed by atoms with van der Waals surface area (Å²) in [6.45, 7) is 0.0628. The fourth-order valence-corrected chi connectivity index (χ4v) is 1.10. The highest BCUT2D eigenvalue weighted by Gasteiger charge is 2.05. The molecule has 1 aromatic carbocycles. The van der Waals surface area contributed by atoms with Gasteiger partial charge in [0, 0.05) is 12.1 Å². The van der Waals surface area contributed by atoms with Crippen molar-refractivity contribution in [2.45, 2.75) is 6.54 Å². The predicted molar refractivity (Wildman–Crippen MR) is 50.4 cm³/mol. The van der Waals surface area contributed by atoms with Crippen LogP contribution in [0.2, 0.25) is 0 Å². The van der Waals surface area contributed by atoms with E-state index in [0.717, 1.165) is 0 Å². The molecule has 0 saturated carbocycles. The minimum atomic E-state index is -0.763. The second kappa shape index (κ2) is 4.96. The lowest BCUT2D eigenvalue weighted by atomic mass is 10.2. The number of amides is 1. The minimum Gasteiger partial charge on any atom is -0.496 e. The van der Waals surface area contributed by atoms with Gasteiger partial charge in [0.15, 0.2) is 6.07 Å². The third kappa shape index (κ3) is 2.95. The van der Waals surface area contributed by atoms with Crippen LogP contribution in [-0.4, -0.2) is 13.0 Å². The molecular weight excluding hydrogens is 199 g/mol. The van der Waals surface area contributed by atoms with Crippen molar-refractivity contribution in [3.05, 3.63) is 29.6 Å². The van der Waals surface area contributed by atoms with Crippen LogP contribution < -0.4 is 10.1 Å². The van der Waals surface area contributed by atoms with Crippen molar-refractivity contribution in [2.24, 2.45) is 0 Å². The van der Waals surface area contributed by atoms with Crippen LogP contribution in [-0.2, 0) is 11.3 Å². The van der Waals surface area contributed by atoms with E-state index in [-0.39, 0.29) is 6.54 Å². The van der Waals surface area contributed by atoms with Crippen LogP contribution in [0.5, 0.6) is 5.75 Å². The molecule has 1 N–H and O–H groups in total. The molecule has 0 radical (unpaired) electrons. The summed E-state index contributed by atoms with van der Waals surface area (Å²) in [6, 6.07) is 5.37. The molecule has 0 spiro atoms. The van der Waals surface area contributed by atoms with Crippen molar-refractivity contribution < 1.29 is 13.9 Å². The maximum absolute atomic E-state index is 12.9. The van der Waals surface area contributed by atoms with Gasteiger partial charge in [0.2, 0.25) is 0 Å². The van der Waals surface area contributed by atoms with Gasteiger partial charge in [-0.1, -0.05) is 0 Å². The van der Waals surface area contributed by atoms with Crippen molar-refractivity contribution >= 4 is 5.91 Å². The lowest BCUT2D eigenvalue weighted by Gasteiger charge is -2.07. The summed E-state index contributed by atoms with van der Waals surface area (Å²) in [7, 11) is 1.45. The molecule has 0 aliphatic carbocycles. The van der Waals surface area contributed by atoms with Crippen molar-refractivity contribution in [3.8, 4) is 11.8 Å². The number of halogens is 1. The average Bonchev–Trinajstić information content (AvgIpc) is 2.26. The van der Waals surface area contributed by atoms with Gasteiger partial charge in [-0.05, 0) is 18.2 Å². The number of nitrogens with zero attached hydrogens (tertiary/aromatic N) is 1. The molecule has 0 aliphatic heterocycles. The SMILES string of the molecule is COc1ccc(F)cc1CNC(=O)C#N. The molecule has 0 bridgehead atoms. The standard InChI is InChI=1S/C10H9FN2O2/c1-15-9-3-2-8(11)4-7(9)6-13-10(14)5-12/h2-4H,6H2,1H3,(H,13,14). The molecule has 0 fully saturated rings. The summed E-state index contributed by atoms with van der Waals surface area (Å²) in [4.78, 5) is 10.7. The highest BCUT2D eigenvalue weighted by molar-refractivity contribution is 5.91. The molecule has 0 saturated heterocycles. The third-order valence-corrected chi connectivity index (χ3v) is 1.78. The Morgan fingerprint density at radius 1 is 1.67 bits per heavy atom. The van der Waals surface area contributed by atoms with E-state index in [4.69, 9.17) is 10.00 Å². The van der Waals surface area contributed by atoms with Crippen molar-refractivity contribution in [1.82, 2.24) is 5.32 Å². The molecule has 0 atom stereocenters. The van der Waals surface area contributed by atoms with Gasteiger partial charge in [-0.3, -0.25) is 4.79 Å². The molecule has 78 valence electrons. The molecule has 1 amide bonds. The first-order valence-electron chi connectivity index (χ1n) is 4.17. The van der Waals surface area contributed by atoms with Crippen LogP contribution in [0.15, 0.2) is 18.2 Å². The van der Waals surface area contributed by atoms with Crippen LogP contribution in [0.4, 0.5) is 4.39 Å². The van der Waals surface area contributed by atoms with Gasteiger partial charge in [0.25, 0.3) is 0 Å². The molecule has 0 aromatic heterocycles. The van der Waals surface area contributed by atoms with E-state index in [0.29, 0.717) is 11.3 Å². The smallest absolute Gasteiger partial charge is 0.322 e. The maximum atomic E-state index is 12.9. The molecule has 1 rings (SSSR count). The lowest BCUT2D eigenvalue weighted by molar-refractivity contribution is -0.116. The van der Waals surface area contributed by atoms with Gasteiger partial charge in [-0.25, -0.2) is 4.39 Å². The zero-order chi connectivity index (χ0) is 11.3. The molecule has 5 heteroatoms. The van der Waals surface area contributed by atoms with E-state index in [1.807, 2.05) is 0 Å². The minimum absolute atomic E-state index is 0.0628. The van der Waals surface area contributed by atoms with Crippen molar-refractivity contribution in [3.63, 3.8) is 0 Å². The second-order valence-corrected chi connectivity index (χ2v) is 2.75. The van der Waals surface area contributed by atoms with Crippen molar-refractivity contribution in [1.29, 1.82) is 5.26 Å². The summed E-state index contributed by atoms with van der Waals surface area (Å²) in [6.07, 6.45) is 0. The van der Waals surface area contributed by atoms with E-state index in [1.165, 1.54) is 31.4 Å². The summed E-state index contributed by atoms with van der Waals surface area (Å²) in [5.74, 6) is -0.715. The Balaban J connectivity index is 2.79. The molecule has 0 unspecified atom stereocenters. The monoisotopic (exact) mass is 208 g/mol. The number of carbonyl (C=O) groups excluding carboxylic acids is 1. The first kappa shape index (κ1) is 11.0. The Labute approximate surface area is 86.3 Å². The summed E-state index contributed by atoms with van der Waals surface area (Å²) in [5, 5.41) is 10.5. The normalized spacial score (nSPS) is 9.13. The van der Waals surface area contributed by atoms with E-state index in [9.17, 15) is 9.18 Å². The number of carbonyl (C=O) groups is 1. The Bertz CT molecular complexity index is 412. The lowest BCUT2D eigenvalue weighted by Crippen LogP contribution is -2.20. The third-order valence-electron chi connectivity index (χ3n) is 1.78. The van der Waals surface area contributed by atoms with Crippen LogP contribution in [0.3, 0.4) is 0 Å². The van der Waals surface area contributed by atoms with Gasteiger partial charge in [0.05, 0.1) is 7.11 Å². The summed E-state index contributed by atoms with van der Waals surface area (Å²) >= 11 is 0. The van der Waals surface area contributed by atoms with E-state index in [2.05, 4.69) is 5.32 Å². The highest BCUT2D eigenvalue weighted by Crippen LogP contribution is 2.18. The molecule has 4 nitrogen and oxygen atoms in total. The number of hydrogen-bond donors (Lipinski definition) is 1. The molecule has 15 heavy (non-hydrogen) atoms. The predicted octanol–water partition coefficient (Wildman–Crippen LogP) is 0.974. The number of rotatable bonds is 3. The fraction of sp³-hybridized carbons (Fsp3) is 0.200. The Hall–Kier alpha value is -2.09. The second-order valence-electron chi connectivity index (χ2n) is 2.75. The molecule has 1 aromatic rings. The zero-order valence-corrected chi connectivity index (χ0v) is 8.08. The van der Waals surface area contributed by atoms with E-state index in [1.54, 1.807) is 0 Å². The number of ether oxygens (including phenoxy) is 1. The molecule has 0 heterocycles. The van der Waals surface area contributed by atoms with Gasteiger partial charge < -0.3 is 10.1 Å². The summed E-state index contributed by atoms with van der Waals surface area (Å²) in [5.41, 5.74) is 0.487. The molecular formula is C10H9FN2O2. The first-order chi connectivity index (χ1) is 7.17. The van der Waals surface area contributed by atoms with E-state index >= 15 is 0 Å². The molecule has 0 aliphatic rings. The zero-order valence-electron chi connectivity index (χ0n) is 8.08. The summed E-state index contributed by atoms with van der Waals surface area (Å²) < 4.78 is 17.8. The fourth-order valence-electron chi connectivity index (χ4n) is 1.10. The van der Waals surface area contributed by atoms with Gasteiger partial charge >= 0.3 is 5.91 Å². The van der Waals surface area contributed by atoms with Gasteiger partial charge in [-0.15, -0.1) is 0 Å². The highest BCUT2D eigenvalue weighted by atomic mass is 19.1. The number of nitriles is 1. The Kier molecular flexibility index (Phi) is 3.63. The van der Waals surface area contributed by atoms with Gasteiger partial charge in [0.1, 0.15) is 11.6 Å². The quantitative estimate of drug-likeness (QED) is 0.753.